The molecule has 0 spiro atoms. The molecular formula is C55H38N2O2S9. The van der Waals surface area contributed by atoms with E-state index in [4.69, 9.17) is 0 Å². The number of nitrogens with zero attached hydrogens (tertiary/aromatic N) is 2. The maximum atomic E-state index is 11.6. The van der Waals surface area contributed by atoms with Gasteiger partial charge in [-0.3, -0.25) is 0 Å². The highest BCUT2D eigenvalue weighted by molar-refractivity contribution is 7.42. The molecule has 334 valence electrons. The first-order valence-corrected chi connectivity index (χ1v) is 29.1. The van der Waals surface area contributed by atoms with E-state index in [1.807, 2.05) is 96.8 Å². The van der Waals surface area contributed by atoms with E-state index < -0.39 is 5.97 Å². The second-order valence-corrected chi connectivity index (χ2v) is 27.0. The summed E-state index contributed by atoms with van der Waals surface area (Å²) in [4.78, 5) is 30.3. The molecule has 9 heterocycles. The lowest BCUT2D eigenvalue weighted by Crippen LogP contribution is -2.13. The minimum Gasteiger partial charge on any atom is -0.477 e. The van der Waals surface area contributed by atoms with E-state index in [0.717, 1.165) is 4.88 Å². The van der Waals surface area contributed by atoms with Gasteiger partial charge >= 0.3 is 5.97 Å². The van der Waals surface area contributed by atoms with Crippen molar-refractivity contribution in [3.05, 3.63) is 153 Å². The number of hydrogen-bond donors (Lipinski definition) is 1. The summed E-state index contributed by atoms with van der Waals surface area (Å²) in [5, 5.41) is 20.0. The topological polar surface area (TPSA) is 64.3 Å². The molecule has 0 fully saturated rings. The molecule has 0 saturated heterocycles. The van der Waals surface area contributed by atoms with Crippen LogP contribution in [-0.2, 0) is 10.2 Å². The number of thiophene rings is 9. The van der Waals surface area contributed by atoms with Gasteiger partial charge in [0.05, 0.1) is 18.8 Å². The summed E-state index contributed by atoms with van der Waals surface area (Å²) < 4.78 is 5.56. The zero-order chi connectivity index (χ0) is 46.7. The molecule has 4 nitrogen and oxygen atoms in total. The van der Waals surface area contributed by atoms with Gasteiger partial charge in [-0.05, 0) is 152 Å². The fourth-order valence-electron chi connectivity index (χ4n) is 9.11. The number of aryl methyl sites for hydroxylation is 4. The Morgan fingerprint density at radius 1 is 0.529 bits per heavy atom. The molecule has 13 heteroatoms. The van der Waals surface area contributed by atoms with Crippen LogP contribution >= 0.6 is 102 Å². The number of hydrogen-bond acceptors (Lipinski definition) is 12. The van der Waals surface area contributed by atoms with Crippen molar-refractivity contribution in [3.63, 3.8) is 0 Å². The molecule has 0 saturated carbocycles. The molecule has 0 unspecified atom stereocenters. The monoisotopic (exact) mass is 1050 g/mol. The van der Waals surface area contributed by atoms with E-state index in [1.165, 1.54) is 133 Å². The lowest BCUT2D eigenvalue weighted by atomic mass is 9.83. The summed E-state index contributed by atoms with van der Waals surface area (Å²) in [6.07, 6.45) is 1.50. The Hall–Kier alpha value is -5.24. The van der Waals surface area contributed by atoms with Crippen LogP contribution in [0.3, 0.4) is 0 Å². The van der Waals surface area contributed by atoms with Gasteiger partial charge in [0.25, 0.3) is 0 Å². The lowest BCUT2D eigenvalue weighted by Gasteiger charge is -2.24. The molecule has 2 aromatic carbocycles. The van der Waals surface area contributed by atoms with Crippen LogP contribution in [0.4, 0.5) is 16.4 Å². The molecule has 0 amide bonds. The van der Waals surface area contributed by atoms with Gasteiger partial charge in [0.15, 0.2) is 0 Å². The third-order valence-corrected chi connectivity index (χ3v) is 24.7. The SMILES string of the molecule is Cc1cccc(N(c2cccc(C)c2)c2ccc(-c3ccc(-c4ccc(-c5ccc(-c6sc7c(sc8c(C)c(-c9cc%10c(s9)-c9sc(/C=C(\C#N)C(=O)O)cc9C%10(C)C)sc87)c6C)s5)s4)s3)s2)c1. The summed E-state index contributed by atoms with van der Waals surface area (Å²) in [6, 6.07) is 42.1. The Morgan fingerprint density at radius 3 is 1.56 bits per heavy atom. The minimum absolute atomic E-state index is 0.213. The summed E-state index contributed by atoms with van der Waals surface area (Å²) in [5.41, 5.74) is 9.61. The van der Waals surface area contributed by atoms with Gasteiger partial charge < -0.3 is 10.0 Å². The van der Waals surface area contributed by atoms with Crippen LogP contribution in [-0.4, -0.2) is 11.1 Å². The zero-order valence-corrected chi connectivity index (χ0v) is 44.7. The normalized spacial score (nSPS) is 13.2. The minimum atomic E-state index is -1.20. The highest BCUT2D eigenvalue weighted by Crippen LogP contribution is 2.60. The average Bonchev–Trinajstić information content (AvgIpc) is 4.15. The Labute approximate surface area is 429 Å². The number of carboxylic acid groups (broad SMARTS) is 1. The van der Waals surface area contributed by atoms with Crippen molar-refractivity contribution in [2.75, 3.05) is 4.90 Å². The number of aliphatic carboxylic acids is 1. The fraction of sp³-hybridized carbons (Fsp3) is 0.127. The third-order valence-electron chi connectivity index (χ3n) is 12.6. The van der Waals surface area contributed by atoms with Crippen molar-refractivity contribution < 1.29 is 9.90 Å². The number of nitriles is 1. The van der Waals surface area contributed by atoms with Gasteiger partial charge in [0.2, 0.25) is 0 Å². The van der Waals surface area contributed by atoms with Gasteiger partial charge in [0, 0.05) is 80.2 Å². The lowest BCUT2D eigenvalue weighted by molar-refractivity contribution is -0.132. The quantitative estimate of drug-likeness (QED) is 0.109. The Kier molecular flexibility index (Phi) is 10.8. The van der Waals surface area contributed by atoms with Crippen LogP contribution in [0.2, 0.25) is 0 Å². The van der Waals surface area contributed by atoms with Gasteiger partial charge in [-0.25, -0.2) is 4.79 Å². The number of anilines is 3. The van der Waals surface area contributed by atoms with E-state index in [2.05, 4.69) is 156 Å². The highest BCUT2D eigenvalue weighted by atomic mass is 32.1. The predicted octanol–water partition coefficient (Wildman–Crippen LogP) is 19.9. The predicted molar refractivity (Wildman–Crippen MR) is 302 cm³/mol. The smallest absolute Gasteiger partial charge is 0.346 e. The van der Waals surface area contributed by atoms with Crippen molar-refractivity contribution in [2.24, 2.45) is 0 Å². The first-order valence-electron chi connectivity index (χ1n) is 21.8. The molecule has 12 rings (SSSR count). The van der Waals surface area contributed by atoms with E-state index in [0.29, 0.717) is 0 Å². The summed E-state index contributed by atoms with van der Waals surface area (Å²) in [6.45, 7) is 13.4. The van der Waals surface area contributed by atoms with Gasteiger partial charge in [-0.15, -0.1) is 102 Å². The third kappa shape index (κ3) is 7.27. The van der Waals surface area contributed by atoms with Gasteiger partial charge in [0.1, 0.15) is 16.6 Å². The Balaban J connectivity index is 0.799. The van der Waals surface area contributed by atoms with Crippen LogP contribution in [0.5, 0.6) is 0 Å². The molecular weight excluding hydrogens is 1010 g/mol. The summed E-state index contributed by atoms with van der Waals surface area (Å²) >= 11 is 16.7. The second-order valence-electron chi connectivity index (χ2n) is 17.5. The highest BCUT2D eigenvalue weighted by Gasteiger charge is 2.40. The summed E-state index contributed by atoms with van der Waals surface area (Å²) in [7, 11) is 0. The zero-order valence-electron chi connectivity index (χ0n) is 37.4. The average molecular weight is 1050 g/mol. The van der Waals surface area contributed by atoms with E-state index >= 15 is 0 Å². The van der Waals surface area contributed by atoms with Gasteiger partial charge in [-0.1, -0.05) is 38.1 Å². The van der Waals surface area contributed by atoms with E-state index in [-0.39, 0.29) is 11.0 Å². The number of rotatable bonds is 10. The maximum Gasteiger partial charge on any atom is 0.346 e. The molecule has 9 aromatic heterocycles. The van der Waals surface area contributed by atoms with Crippen LogP contribution in [0.25, 0.3) is 83.4 Å². The molecule has 0 atom stereocenters. The van der Waals surface area contributed by atoms with Crippen LogP contribution in [0.1, 0.15) is 52.1 Å². The molecule has 0 radical (unpaired) electrons. The molecule has 11 aromatic rings. The standard InChI is InChI=1S/C55H38N2O2S9/c1-27-9-7-11-32(21-27)57(33-12-8-10-28(2)22-33)45-20-19-42(64-45)41-16-15-38(62-41)37-13-14-39(61-37)40-17-18-43(63-40)46-29(3)48-52(66-46)53-49(68-48)30(4)47(67-53)44-25-36-51(65-44)50-35(55(36,5)6)24-34(60-50)23-31(26-56)54(58)59/h7-25H,1-6H3,(H,58,59)/b31-23+. The fourth-order valence-corrected chi connectivity index (χ4v) is 20.9. The molecule has 68 heavy (non-hydrogen) atoms. The maximum absolute atomic E-state index is 11.6. The van der Waals surface area contributed by atoms with Crippen molar-refractivity contribution >= 4 is 149 Å². The van der Waals surface area contributed by atoms with E-state index in [9.17, 15) is 15.2 Å². The van der Waals surface area contributed by atoms with Crippen LogP contribution in [0.15, 0.2) is 115 Å². The molecule has 1 N–H and O–H groups in total. The molecule has 0 bridgehead atoms. The molecule has 1 aliphatic rings. The van der Waals surface area contributed by atoms with Crippen molar-refractivity contribution in [1.29, 1.82) is 5.26 Å². The molecule has 1 aliphatic carbocycles. The molecule has 0 aliphatic heterocycles. The van der Waals surface area contributed by atoms with E-state index in [1.54, 1.807) is 11.3 Å². The second kappa shape index (κ2) is 16.7. The van der Waals surface area contributed by atoms with Crippen molar-refractivity contribution in [2.45, 2.75) is 47.0 Å². The first kappa shape index (κ1) is 44.0. The van der Waals surface area contributed by atoms with Crippen LogP contribution in [0, 0.1) is 39.0 Å². The Bertz CT molecular complexity index is 3860. The van der Waals surface area contributed by atoms with Crippen molar-refractivity contribution in [3.8, 4) is 64.6 Å². The summed E-state index contributed by atoms with van der Waals surface area (Å²) in [5.74, 6) is -1.20. The number of carboxylic acids is 1. The van der Waals surface area contributed by atoms with Crippen molar-refractivity contribution in [1.82, 2.24) is 0 Å². The van der Waals surface area contributed by atoms with Crippen LogP contribution < -0.4 is 4.90 Å². The number of carbonyl (C=O) groups is 1. The largest absolute Gasteiger partial charge is 0.477 e. The van der Waals surface area contributed by atoms with Gasteiger partial charge in [-0.2, -0.15) is 5.26 Å². The Morgan fingerprint density at radius 2 is 1.01 bits per heavy atom. The number of fused-ring (bicyclic) bond motifs is 6. The number of benzene rings is 2. The first-order chi connectivity index (χ1) is 32.8.